The molecule has 0 aliphatic rings. The van der Waals surface area contributed by atoms with Crippen molar-refractivity contribution in [1.82, 2.24) is 9.80 Å². The van der Waals surface area contributed by atoms with Crippen LogP contribution in [0.1, 0.15) is 55.4 Å². The fourth-order valence-electron chi connectivity index (χ4n) is 1.91. The summed E-state index contributed by atoms with van der Waals surface area (Å²) in [5.41, 5.74) is 0. The van der Waals surface area contributed by atoms with E-state index in [1.807, 2.05) is 0 Å². The lowest BCUT2D eigenvalue weighted by Gasteiger charge is -2.21. The van der Waals surface area contributed by atoms with E-state index >= 15 is 0 Å². The highest BCUT2D eigenvalue weighted by atomic mass is 15.1. The van der Waals surface area contributed by atoms with Crippen LogP contribution in [0.4, 0.5) is 0 Å². The summed E-state index contributed by atoms with van der Waals surface area (Å²) in [5.74, 6) is 0. The third kappa shape index (κ3) is 9.17. The lowest BCUT2D eigenvalue weighted by Crippen LogP contribution is -2.29. The zero-order valence-electron chi connectivity index (χ0n) is 12.9. The van der Waals surface area contributed by atoms with E-state index in [0.717, 1.165) is 0 Å². The van der Waals surface area contributed by atoms with Gasteiger partial charge in [0, 0.05) is 12.1 Å². The number of nitrogens with zero attached hydrogens (tertiary/aromatic N) is 2. The van der Waals surface area contributed by atoms with Gasteiger partial charge in [0.25, 0.3) is 0 Å². The molecule has 2 heteroatoms. The molecule has 0 unspecified atom stereocenters. The Labute approximate surface area is 104 Å². The van der Waals surface area contributed by atoms with Gasteiger partial charge in [-0.15, -0.1) is 0 Å². The standard InChI is InChI=1S/2C7H17N/c2*1-5-8(6-2)7(3)4/h2*7H,5-6H2,1-4H3. The fraction of sp³-hybridized carbons (Fsp3) is 1.00. The van der Waals surface area contributed by atoms with E-state index in [2.05, 4.69) is 65.2 Å². The predicted octanol–water partition coefficient (Wildman–Crippen LogP) is 3.47. The quantitative estimate of drug-likeness (QED) is 0.689. The van der Waals surface area contributed by atoms with E-state index in [1.54, 1.807) is 0 Å². The average molecular weight is 230 g/mol. The third-order valence-corrected chi connectivity index (χ3v) is 3.09. The van der Waals surface area contributed by atoms with Crippen LogP contribution in [0.15, 0.2) is 0 Å². The van der Waals surface area contributed by atoms with Crippen LogP contribution in [0.5, 0.6) is 0 Å². The lowest BCUT2D eigenvalue weighted by molar-refractivity contribution is 0.246. The molecule has 100 valence electrons. The smallest absolute Gasteiger partial charge is 0.00383 e. The Bertz CT molecular complexity index is 109. The molecule has 0 fully saturated rings. The molecule has 0 atom stereocenters. The first-order valence-corrected chi connectivity index (χ1v) is 6.92. The zero-order valence-corrected chi connectivity index (χ0v) is 12.9. The van der Waals surface area contributed by atoms with Crippen LogP contribution in [-0.2, 0) is 0 Å². The first-order chi connectivity index (χ1) is 7.44. The van der Waals surface area contributed by atoms with Crippen LogP contribution in [-0.4, -0.2) is 48.1 Å². The van der Waals surface area contributed by atoms with Crippen molar-refractivity contribution in [3.63, 3.8) is 0 Å². The molecule has 0 radical (unpaired) electrons. The van der Waals surface area contributed by atoms with Crippen molar-refractivity contribution < 1.29 is 0 Å². The molecule has 0 N–H and O–H groups in total. The van der Waals surface area contributed by atoms with Gasteiger partial charge in [-0.05, 0) is 53.9 Å². The van der Waals surface area contributed by atoms with Crippen LogP contribution in [0, 0.1) is 0 Å². The van der Waals surface area contributed by atoms with E-state index in [9.17, 15) is 0 Å². The lowest BCUT2D eigenvalue weighted by atomic mass is 10.3. The summed E-state index contributed by atoms with van der Waals surface area (Å²) in [7, 11) is 0. The molecule has 0 aromatic heterocycles. The third-order valence-electron chi connectivity index (χ3n) is 3.09. The second kappa shape index (κ2) is 11.4. The highest BCUT2D eigenvalue weighted by Crippen LogP contribution is 1.94. The predicted molar refractivity (Wildman–Crippen MR) is 76.1 cm³/mol. The molecule has 0 bridgehead atoms. The maximum absolute atomic E-state index is 2.42. The Morgan fingerprint density at radius 1 is 0.562 bits per heavy atom. The Morgan fingerprint density at radius 2 is 0.750 bits per heavy atom. The molecule has 16 heavy (non-hydrogen) atoms. The Hall–Kier alpha value is -0.0800. The van der Waals surface area contributed by atoms with Crippen molar-refractivity contribution in [3.05, 3.63) is 0 Å². The van der Waals surface area contributed by atoms with Crippen LogP contribution in [0.25, 0.3) is 0 Å². The summed E-state index contributed by atoms with van der Waals surface area (Å²) in [5, 5.41) is 0. The Balaban J connectivity index is 0. The molecule has 0 spiro atoms. The highest BCUT2D eigenvalue weighted by Gasteiger charge is 2.01. The summed E-state index contributed by atoms with van der Waals surface area (Å²) >= 11 is 0. The first-order valence-electron chi connectivity index (χ1n) is 6.92. The average Bonchev–Trinajstić information content (AvgIpc) is 2.21. The number of hydrogen-bond donors (Lipinski definition) is 0. The molecular formula is C14H34N2. The van der Waals surface area contributed by atoms with Crippen LogP contribution < -0.4 is 0 Å². The van der Waals surface area contributed by atoms with Crippen molar-refractivity contribution in [3.8, 4) is 0 Å². The van der Waals surface area contributed by atoms with Crippen molar-refractivity contribution in [2.24, 2.45) is 0 Å². The van der Waals surface area contributed by atoms with E-state index < -0.39 is 0 Å². The van der Waals surface area contributed by atoms with Crippen molar-refractivity contribution in [2.75, 3.05) is 26.2 Å². The maximum Gasteiger partial charge on any atom is 0.00383 e. The van der Waals surface area contributed by atoms with E-state index in [0.29, 0.717) is 12.1 Å². The summed E-state index contributed by atoms with van der Waals surface area (Å²) in [6.45, 7) is 22.4. The van der Waals surface area contributed by atoms with Gasteiger partial charge < -0.3 is 9.80 Å². The molecule has 0 amide bonds. The SMILES string of the molecule is CCN(CC)C(C)C.CCN(CC)C(C)C. The van der Waals surface area contributed by atoms with Crippen molar-refractivity contribution in [2.45, 2.75) is 67.5 Å². The van der Waals surface area contributed by atoms with Crippen LogP contribution in [0.2, 0.25) is 0 Å². The fourth-order valence-corrected chi connectivity index (χ4v) is 1.91. The molecule has 0 rings (SSSR count). The number of rotatable bonds is 6. The Kier molecular flexibility index (Phi) is 13.0. The molecule has 0 saturated carbocycles. The largest absolute Gasteiger partial charge is 0.301 e. The van der Waals surface area contributed by atoms with Gasteiger partial charge in [-0.2, -0.15) is 0 Å². The first kappa shape index (κ1) is 18.3. The minimum absolute atomic E-state index is 0.713. The topological polar surface area (TPSA) is 6.48 Å². The van der Waals surface area contributed by atoms with E-state index in [4.69, 9.17) is 0 Å². The van der Waals surface area contributed by atoms with Gasteiger partial charge in [-0.25, -0.2) is 0 Å². The van der Waals surface area contributed by atoms with Crippen LogP contribution in [0.3, 0.4) is 0 Å². The monoisotopic (exact) mass is 230 g/mol. The molecule has 0 aromatic rings. The molecule has 0 aliphatic heterocycles. The van der Waals surface area contributed by atoms with Gasteiger partial charge in [0.05, 0.1) is 0 Å². The summed E-state index contributed by atoms with van der Waals surface area (Å²) in [6.07, 6.45) is 0. The number of hydrogen-bond acceptors (Lipinski definition) is 2. The van der Waals surface area contributed by atoms with E-state index in [1.165, 1.54) is 26.2 Å². The molecule has 0 aromatic carbocycles. The van der Waals surface area contributed by atoms with Crippen molar-refractivity contribution in [1.29, 1.82) is 0 Å². The maximum atomic E-state index is 2.42. The summed E-state index contributed by atoms with van der Waals surface area (Å²) < 4.78 is 0. The molecule has 2 nitrogen and oxygen atoms in total. The summed E-state index contributed by atoms with van der Waals surface area (Å²) in [6, 6.07) is 1.43. The van der Waals surface area contributed by atoms with Gasteiger partial charge in [0.1, 0.15) is 0 Å². The normalized spacial score (nSPS) is 11.2. The van der Waals surface area contributed by atoms with Gasteiger partial charge >= 0.3 is 0 Å². The van der Waals surface area contributed by atoms with Gasteiger partial charge in [0.15, 0.2) is 0 Å². The molecule has 0 aliphatic carbocycles. The van der Waals surface area contributed by atoms with E-state index in [-0.39, 0.29) is 0 Å². The van der Waals surface area contributed by atoms with Gasteiger partial charge in [-0.1, -0.05) is 27.7 Å². The highest BCUT2D eigenvalue weighted by molar-refractivity contribution is 4.56. The minimum Gasteiger partial charge on any atom is -0.301 e. The Morgan fingerprint density at radius 3 is 0.750 bits per heavy atom. The van der Waals surface area contributed by atoms with Crippen molar-refractivity contribution >= 4 is 0 Å². The summed E-state index contributed by atoms with van der Waals surface area (Å²) in [4.78, 5) is 4.83. The van der Waals surface area contributed by atoms with Gasteiger partial charge in [0.2, 0.25) is 0 Å². The molecular weight excluding hydrogens is 196 g/mol. The zero-order chi connectivity index (χ0) is 13.1. The molecule has 0 heterocycles. The van der Waals surface area contributed by atoms with Crippen LogP contribution >= 0.6 is 0 Å². The minimum atomic E-state index is 0.713. The second-order valence-electron chi connectivity index (χ2n) is 4.63. The second-order valence-corrected chi connectivity index (χ2v) is 4.63. The molecule has 0 saturated heterocycles. The van der Waals surface area contributed by atoms with Gasteiger partial charge in [-0.3, -0.25) is 0 Å².